The highest BCUT2D eigenvalue weighted by Gasteiger charge is 2.28. The minimum Gasteiger partial charge on any atom is -0.383 e. The van der Waals surface area contributed by atoms with Crippen LogP contribution in [0.3, 0.4) is 0 Å². The van der Waals surface area contributed by atoms with Gasteiger partial charge in [-0.15, -0.1) is 0 Å². The zero-order valence-electron chi connectivity index (χ0n) is 12.8. The van der Waals surface area contributed by atoms with Gasteiger partial charge in [0.05, 0.1) is 0 Å². The highest BCUT2D eigenvalue weighted by molar-refractivity contribution is 7.99. The van der Waals surface area contributed by atoms with Gasteiger partial charge in [0, 0.05) is 22.9 Å². The van der Waals surface area contributed by atoms with E-state index < -0.39 is 0 Å². The predicted molar refractivity (Wildman–Crippen MR) is 83.5 cm³/mol. The Morgan fingerprint density at radius 3 is 2.10 bits per heavy atom. The van der Waals surface area contributed by atoms with E-state index in [-0.39, 0.29) is 0 Å². The molecule has 1 aliphatic carbocycles. The Morgan fingerprint density at radius 2 is 1.52 bits per heavy atom. The number of hydrogen-bond donors (Lipinski definition) is 1. The second-order valence-corrected chi connectivity index (χ2v) is 6.53. The lowest BCUT2D eigenvalue weighted by molar-refractivity contribution is 0.852. The lowest BCUT2D eigenvalue weighted by atomic mass is 10.2. The Labute approximate surface area is 128 Å². The molecule has 0 aromatic carbocycles. The molecule has 0 saturated heterocycles. The molecule has 3 rings (SSSR count). The largest absolute Gasteiger partial charge is 0.383 e. The van der Waals surface area contributed by atoms with Gasteiger partial charge in [0.2, 0.25) is 0 Å². The van der Waals surface area contributed by atoms with E-state index in [4.69, 9.17) is 5.73 Å². The van der Waals surface area contributed by atoms with Gasteiger partial charge in [0.25, 0.3) is 0 Å². The summed E-state index contributed by atoms with van der Waals surface area (Å²) in [6.45, 7) is 8.00. The van der Waals surface area contributed by atoms with Gasteiger partial charge in [-0.1, -0.05) is 0 Å². The molecule has 2 aromatic heterocycles. The van der Waals surface area contributed by atoms with Gasteiger partial charge in [-0.2, -0.15) is 0 Å². The average molecular weight is 301 g/mol. The van der Waals surface area contributed by atoms with E-state index in [0.29, 0.717) is 11.7 Å². The van der Waals surface area contributed by atoms with Crippen molar-refractivity contribution in [3.05, 3.63) is 28.3 Å². The number of anilines is 1. The fourth-order valence-corrected chi connectivity index (χ4v) is 2.96. The van der Waals surface area contributed by atoms with Crippen LogP contribution in [0.4, 0.5) is 5.82 Å². The highest BCUT2D eigenvalue weighted by atomic mass is 32.2. The van der Waals surface area contributed by atoms with Crippen LogP contribution in [-0.2, 0) is 0 Å². The Bertz CT molecular complexity index is 686. The van der Waals surface area contributed by atoms with Crippen molar-refractivity contribution >= 4 is 17.6 Å². The number of nitrogens with zero attached hydrogens (tertiary/aromatic N) is 4. The van der Waals surface area contributed by atoms with Crippen LogP contribution in [0, 0.1) is 27.7 Å². The SMILES string of the molecule is Cc1nc(Sc2nc(C3CC3)nc(N)c2C)nc(C)c1C. The maximum Gasteiger partial charge on any atom is 0.194 e. The molecule has 1 saturated carbocycles. The molecule has 0 aliphatic heterocycles. The summed E-state index contributed by atoms with van der Waals surface area (Å²) in [6, 6.07) is 0. The normalized spacial score (nSPS) is 14.5. The number of aryl methyl sites for hydroxylation is 2. The molecule has 2 aromatic rings. The molecular weight excluding hydrogens is 282 g/mol. The minimum atomic E-state index is 0.481. The Hall–Kier alpha value is -1.69. The molecule has 5 nitrogen and oxygen atoms in total. The fraction of sp³-hybridized carbons (Fsp3) is 0.467. The smallest absolute Gasteiger partial charge is 0.194 e. The van der Waals surface area contributed by atoms with Crippen LogP contribution < -0.4 is 5.73 Å². The Kier molecular flexibility index (Phi) is 3.57. The van der Waals surface area contributed by atoms with Crippen LogP contribution in [0.2, 0.25) is 0 Å². The van der Waals surface area contributed by atoms with Gasteiger partial charge in [0.15, 0.2) is 5.16 Å². The molecule has 0 radical (unpaired) electrons. The van der Waals surface area contributed by atoms with E-state index in [1.54, 1.807) is 0 Å². The van der Waals surface area contributed by atoms with Crippen LogP contribution in [0.15, 0.2) is 10.2 Å². The lowest BCUT2D eigenvalue weighted by Crippen LogP contribution is -2.04. The molecule has 0 bridgehead atoms. The van der Waals surface area contributed by atoms with Gasteiger partial charge in [-0.3, -0.25) is 0 Å². The number of nitrogen functional groups attached to an aromatic ring is 1. The number of rotatable bonds is 3. The zero-order chi connectivity index (χ0) is 15.1. The second-order valence-electron chi connectivity index (χ2n) is 5.58. The highest BCUT2D eigenvalue weighted by Crippen LogP contribution is 2.40. The summed E-state index contributed by atoms with van der Waals surface area (Å²) in [7, 11) is 0. The summed E-state index contributed by atoms with van der Waals surface area (Å²) in [5, 5.41) is 1.59. The second kappa shape index (κ2) is 5.26. The Morgan fingerprint density at radius 1 is 0.905 bits per heavy atom. The first kappa shape index (κ1) is 14.3. The van der Waals surface area contributed by atoms with Crippen molar-refractivity contribution in [2.24, 2.45) is 0 Å². The summed E-state index contributed by atoms with van der Waals surface area (Å²) in [5.74, 6) is 1.91. The van der Waals surface area contributed by atoms with Crippen molar-refractivity contribution in [1.29, 1.82) is 0 Å². The Balaban J connectivity index is 1.97. The third-order valence-corrected chi connectivity index (χ3v) is 4.85. The molecule has 0 atom stereocenters. The molecule has 21 heavy (non-hydrogen) atoms. The van der Waals surface area contributed by atoms with Crippen LogP contribution in [0.5, 0.6) is 0 Å². The van der Waals surface area contributed by atoms with Gasteiger partial charge < -0.3 is 5.73 Å². The monoisotopic (exact) mass is 301 g/mol. The topological polar surface area (TPSA) is 77.6 Å². The zero-order valence-corrected chi connectivity index (χ0v) is 13.6. The van der Waals surface area contributed by atoms with Gasteiger partial charge >= 0.3 is 0 Å². The molecular formula is C15H19N5S. The fourth-order valence-electron chi connectivity index (χ4n) is 2.03. The number of nitrogens with two attached hydrogens (primary N) is 1. The van der Waals surface area contributed by atoms with Crippen LogP contribution in [-0.4, -0.2) is 19.9 Å². The van der Waals surface area contributed by atoms with Crippen molar-refractivity contribution in [3.63, 3.8) is 0 Å². The quantitative estimate of drug-likeness (QED) is 0.693. The molecule has 0 unspecified atom stereocenters. The van der Waals surface area contributed by atoms with Gasteiger partial charge in [-0.05, 0) is 57.9 Å². The van der Waals surface area contributed by atoms with E-state index in [0.717, 1.165) is 51.4 Å². The van der Waals surface area contributed by atoms with E-state index in [9.17, 15) is 0 Å². The summed E-state index contributed by atoms with van der Waals surface area (Å²) in [6.07, 6.45) is 2.32. The van der Waals surface area contributed by atoms with Crippen LogP contribution >= 0.6 is 11.8 Å². The summed E-state index contributed by atoms with van der Waals surface area (Å²) in [4.78, 5) is 18.1. The predicted octanol–water partition coefficient (Wildman–Crippen LogP) is 3.11. The molecule has 2 N–H and O–H groups in total. The van der Waals surface area contributed by atoms with E-state index in [2.05, 4.69) is 19.9 Å². The first-order valence-corrected chi connectivity index (χ1v) is 7.91. The number of hydrogen-bond acceptors (Lipinski definition) is 6. The number of aromatic nitrogens is 4. The molecule has 2 heterocycles. The maximum atomic E-state index is 6.02. The molecule has 110 valence electrons. The standard InChI is InChI=1S/C15H19N5S/c1-7-9(3)17-15(18-10(7)4)21-14-8(2)12(16)19-13(20-14)11-5-6-11/h11H,5-6H2,1-4H3,(H2,16,19,20). The molecule has 1 aliphatic rings. The lowest BCUT2D eigenvalue weighted by Gasteiger charge is -2.10. The van der Waals surface area contributed by atoms with E-state index in [1.807, 2.05) is 27.7 Å². The average Bonchev–Trinajstić information content (AvgIpc) is 3.25. The third-order valence-electron chi connectivity index (χ3n) is 3.90. The van der Waals surface area contributed by atoms with Crippen LogP contribution in [0.1, 0.15) is 47.1 Å². The van der Waals surface area contributed by atoms with E-state index in [1.165, 1.54) is 11.8 Å². The summed E-state index contributed by atoms with van der Waals surface area (Å²) in [5.41, 5.74) is 10.1. The molecule has 0 amide bonds. The van der Waals surface area contributed by atoms with Crippen molar-refractivity contribution in [2.75, 3.05) is 5.73 Å². The molecule has 6 heteroatoms. The minimum absolute atomic E-state index is 0.481. The maximum absolute atomic E-state index is 6.02. The summed E-state index contributed by atoms with van der Waals surface area (Å²) >= 11 is 1.47. The van der Waals surface area contributed by atoms with Gasteiger partial charge in [0.1, 0.15) is 16.7 Å². The molecule has 1 fully saturated rings. The van der Waals surface area contributed by atoms with Crippen molar-refractivity contribution in [3.8, 4) is 0 Å². The van der Waals surface area contributed by atoms with Crippen molar-refractivity contribution in [1.82, 2.24) is 19.9 Å². The van der Waals surface area contributed by atoms with Crippen molar-refractivity contribution < 1.29 is 0 Å². The molecule has 0 spiro atoms. The van der Waals surface area contributed by atoms with Gasteiger partial charge in [-0.25, -0.2) is 19.9 Å². The third kappa shape index (κ3) is 2.85. The summed E-state index contributed by atoms with van der Waals surface area (Å²) < 4.78 is 0. The first-order valence-electron chi connectivity index (χ1n) is 7.09. The van der Waals surface area contributed by atoms with E-state index >= 15 is 0 Å². The van der Waals surface area contributed by atoms with Crippen molar-refractivity contribution in [2.45, 2.75) is 56.6 Å². The first-order chi connectivity index (χ1) is 9.95. The van der Waals surface area contributed by atoms with Crippen LogP contribution in [0.25, 0.3) is 0 Å².